The Labute approximate surface area is 390 Å². The van der Waals surface area contributed by atoms with Crippen LogP contribution in [0.1, 0.15) is 22.3 Å². The van der Waals surface area contributed by atoms with Crippen LogP contribution in [0.5, 0.6) is 0 Å². The van der Waals surface area contributed by atoms with Gasteiger partial charge in [0.25, 0.3) is 0 Å². The van der Waals surface area contributed by atoms with Crippen LogP contribution in [0.2, 0.25) is 0 Å². The Morgan fingerprint density at radius 3 is 1.69 bits per heavy atom. The fourth-order valence-electron chi connectivity index (χ4n) is 11.0. The summed E-state index contributed by atoms with van der Waals surface area (Å²) in [5.41, 5.74) is 19.0. The monoisotopic (exact) mass is 853 g/mol. The molecule has 67 heavy (non-hydrogen) atoms. The Bertz CT molecular complexity index is 3760. The third kappa shape index (κ3) is 6.26. The first-order chi connectivity index (χ1) is 33.2. The second kappa shape index (κ2) is 15.8. The molecule has 314 valence electrons. The van der Waals surface area contributed by atoms with Crippen molar-refractivity contribution in [2.75, 3.05) is 4.90 Å². The highest BCUT2D eigenvalue weighted by Crippen LogP contribution is 2.57. The Morgan fingerprint density at radius 1 is 0.299 bits per heavy atom. The van der Waals surface area contributed by atoms with Crippen LogP contribution >= 0.6 is 0 Å². The van der Waals surface area contributed by atoms with Crippen LogP contribution in [0.25, 0.3) is 77.2 Å². The van der Waals surface area contributed by atoms with Crippen LogP contribution in [-0.2, 0) is 5.41 Å². The quantitative estimate of drug-likeness (QED) is 0.151. The van der Waals surface area contributed by atoms with Crippen LogP contribution in [0.15, 0.2) is 265 Å². The van der Waals surface area contributed by atoms with E-state index in [0.29, 0.717) is 0 Å². The number of anilines is 3. The number of furan rings is 1. The van der Waals surface area contributed by atoms with Gasteiger partial charge < -0.3 is 9.32 Å². The van der Waals surface area contributed by atoms with Gasteiger partial charge in [0.2, 0.25) is 0 Å². The summed E-state index contributed by atoms with van der Waals surface area (Å²) in [4.78, 5) is 2.44. The van der Waals surface area contributed by atoms with Gasteiger partial charge in [0.1, 0.15) is 11.2 Å². The first kappa shape index (κ1) is 38.7. The summed E-state index contributed by atoms with van der Waals surface area (Å²) < 4.78 is 6.47. The van der Waals surface area contributed by atoms with E-state index in [9.17, 15) is 0 Å². The minimum atomic E-state index is -0.541. The Hall–Kier alpha value is -8.72. The molecule has 0 bridgehead atoms. The van der Waals surface area contributed by atoms with Crippen molar-refractivity contribution in [3.63, 3.8) is 0 Å². The molecule has 0 aliphatic heterocycles. The SMILES string of the molecule is c1ccc(C2(c3ccccc3)c3ccccc3-c3ccc(N(c4ccc(-c5cccc(-c6cccc7ccccc67)c5)cc4)c4ccccc4-c4ccc5c(c4)oc4ccccc45)cc32)cc1. The lowest BCUT2D eigenvalue weighted by Gasteiger charge is -2.35. The van der Waals surface area contributed by atoms with Crippen LogP contribution < -0.4 is 4.90 Å². The van der Waals surface area contributed by atoms with Crippen molar-refractivity contribution in [1.82, 2.24) is 0 Å². The summed E-state index contributed by atoms with van der Waals surface area (Å²) in [6, 6.07) is 95.1. The molecule has 13 rings (SSSR count). The molecule has 12 aromatic rings. The Morgan fingerprint density at radius 2 is 0.866 bits per heavy atom. The van der Waals surface area contributed by atoms with E-state index < -0.39 is 5.41 Å². The lowest BCUT2D eigenvalue weighted by atomic mass is 9.67. The molecule has 0 saturated heterocycles. The highest BCUT2D eigenvalue weighted by atomic mass is 16.3. The number of para-hydroxylation sites is 2. The van der Waals surface area contributed by atoms with Gasteiger partial charge >= 0.3 is 0 Å². The van der Waals surface area contributed by atoms with Gasteiger partial charge in [-0.05, 0) is 127 Å². The van der Waals surface area contributed by atoms with Gasteiger partial charge in [-0.2, -0.15) is 0 Å². The number of rotatable bonds is 8. The maximum atomic E-state index is 6.47. The maximum absolute atomic E-state index is 6.47. The van der Waals surface area contributed by atoms with Crippen molar-refractivity contribution in [3.05, 3.63) is 283 Å². The molecule has 2 nitrogen and oxygen atoms in total. The zero-order chi connectivity index (χ0) is 44.3. The lowest BCUT2D eigenvalue weighted by Crippen LogP contribution is -2.28. The van der Waals surface area contributed by atoms with Crippen molar-refractivity contribution in [1.29, 1.82) is 0 Å². The zero-order valence-electron chi connectivity index (χ0n) is 36.7. The third-order valence-corrected chi connectivity index (χ3v) is 14.0. The van der Waals surface area contributed by atoms with Gasteiger partial charge in [-0.25, -0.2) is 0 Å². The Kier molecular flexibility index (Phi) is 9.11. The van der Waals surface area contributed by atoms with E-state index in [0.717, 1.165) is 55.7 Å². The zero-order valence-corrected chi connectivity index (χ0v) is 36.7. The van der Waals surface area contributed by atoms with Gasteiger partial charge in [-0.3, -0.25) is 0 Å². The molecule has 0 atom stereocenters. The average Bonchev–Trinajstić information content (AvgIpc) is 3.93. The fraction of sp³-hybridized carbons (Fsp3) is 0.0154. The molecule has 0 fully saturated rings. The van der Waals surface area contributed by atoms with Gasteiger partial charge in [0.15, 0.2) is 0 Å². The average molecular weight is 854 g/mol. The van der Waals surface area contributed by atoms with Crippen LogP contribution in [0, 0.1) is 0 Å². The first-order valence-electron chi connectivity index (χ1n) is 23.1. The molecule has 1 heterocycles. The van der Waals surface area contributed by atoms with E-state index in [4.69, 9.17) is 4.42 Å². The molecule has 0 amide bonds. The van der Waals surface area contributed by atoms with Crippen molar-refractivity contribution in [2.24, 2.45) is 0 Å². The number of benzene rings is 11. The number of hydrogen-bond donors (Lipinski definition) is 0. The highest BCUT2D eigenvalue weighted by molar-refractivity contribution is 6.06. The topological polar surface area (TPSA) is 16.4 Å². The fourth-order valence-corrected chi connectivity index (χ4v) is 11.0. The Balaban J connectivity index is 1.00. The molecule has 1 aromatic heterocycles. The second-order valence-electron chi connectivity index (χ2n) is 17.6. The van der Waals surface area contributed by atoms with E-state index in [2.05, 4.69) is 254 Å². The third-order valence-electron chi connectivity index (χ3n) is 14.0. The summed E-state index contributed by atoms with van der Waals surface area (Å²) in [5.74, 6) is 0. The second-order valence-corrected chi connectivity index (χ2v) is 17.6. The summed E-state index contributed by atoms with van der Waals surface area (Å²) >= 11 is 0. The molecule has 2 heteroatoms. The van der Waals surface area contributed by atoms with Crippen LogP contribution in [-0.4, -0.2) is 0 Å². The summed E-state index contributed by atoms with van der Waals surface area (Å²) in [6.07, 6.45) is 0. The van der Waals surface area contributed by atoms with E-state index in [1.165, 1.54) is 60.8 Å². The summed E-state index contributed by atoms with van der Waals surface area (Å²) in [5, 5.41) is 4.74. The van der Waals surface area contributed by atoms with Gasteiger partial charge in [0.05, 0.1) is 11.1 Å². The molecule has 1 aliphatic carbocycles. The molecule has 0 saturated carbocycles. The lowest BCUT2D eigenvalue weighted by molar-refractivity contribution is 0.669. The molecular weight excluding hydrogens is 811 g/mol. The maximum Gasteiger partial charge on any atom is 0.136 e. The number of hydrogen-bond acceptors (Lipinski definition) is 2. The van der Waals surface area contributed by atoms with E-state index in [1.54, 1.807) is 0 Å². The summed E-state index contributed by atoms with van der Waals surface area (Å²) in [6.45, 7) is 0. The van der Waals surface area contributed by atoms with E-state index in [1.807, 2.05) is 12.1 Å². The normalized spacial score (nSPS) is 12.6. The number of fused-ring (bicyclic) bond motifs is 7. The first-order valence-corrected chi connectivity index (χ1v) is 23.1. The van der Waals surface area contributed by atoms with Gasteiger partial charge in [0, 0.05) is 27.7 Å². The predicted molar refractivity (Wildman–Crippen MR) is 280 cm³/mol. The molecule has 0 spiro atoms. The minimum absolute atomic E-state index is 0.541. The number of nitrogens with zero attached hydrogens (tertiary/aromatic N) is 1. The smallest absolute Gasteiger partial charge is 0.136 e. The molecule has 0 N–H and O–H groups in total. The highest BCUT2D eigenvalue weighted by Gasteiger charge is 2.46. The van der Waals surface area contributed by atoms with Gasteiger partial charge in [-0.1, -0.05) is 206 Å². The molecule has 1 aliphatic rings. The minimum Gasteiger partial charge on any atom is -0.456 e. The summed E-state index contributed by atoms with van der Waals surface area (Å²) in [7, 11) is 0. The van der Waals surface area contributed by atoms with Crippen molar-refractivity contribution in [2.45, 2.75) is 5.41 Å². The van der Waals surface area contributed by atoms with Crippen LogP contribution in [0.4, 0.5) is 17.1 Å². The molecule has 11 aromatic carbocycles. The molecule has 0 unspecified atom stereocenters. The molecular formula is C65H43NO. The largest absolute Gasteiger partial charge is 0.456 e. The standard InChI is InChI=1S/C65H43NO/c1-3-21-49(22-4-1)65(50-23-5-2-6-24-50)60-30-12-9-27-56(60)57-40-38-52(43-61(57)65)66(62-31-13-10-26-55(62)48-35-39-59-58-28-11-14-32-63(58)67-64(59)42-48)51-36-33-44(34-37-51)46-19-15-20-47(41-46)54-29-16-18-45-17-7-8-25-53(45)54/h1-43H. The van der Waals surface area contributed by atoms with E-state index in [-0.39, 0.29) is 0 Å². The van der Waals surface area contributed by atoms with E-state index >= 15 is 0 Å². The van der Waals surface area contributed by atoms with Crippen molar-refractivity contribution in [3.8, 4) is 44.5 Å². The van der Waals surface area contributed by atoms with Gasteiger partial charge in [-0.15, -0.1) is 0 Å². The van der Waals surface area contributed by atoms with Crippen molar-refractivity contribution >= 4 is 49.8 Å². The molecule has 0 radical (unpaired) electrons. The van der Waals surface area contributed by atoms with Crippen molar-refractivity contribution < 1.29 is 4.42 Å². The predicted octanol–water partition coefficient (Wildman–Crippen LogP) is 17.6. The van der Waals surface area contributed by atoms with Crippen LogP contribution in [0.3, 0.4) is 0 Å².